The fourth-order valence-corrected chi connectivity index (χ4v) is 33.8. The molecule has 0 aliphatic heterocycles. The molecule has 9 aromatic heterocycles. The molecular formula is C140H82N4S6. The molecule has 1 spiro atoms. The van der Waals surface area contributed by atoms with Crippen molar-refractivity contribution in [3.05, 3.63) is 542 Å². The number of anilines is 3. The molecule has 35 rings (SSSR count). The van der Waals surface area contributed by atoms with E-state index in [9.17, 15) is 0 Å². The first-order valence-corrected chi connectivity index (χ1v) is 56.2. The van der Waals surface area contributed by atoms with Gasteiger partial charge in [-0.3, -0.25) is 0 Å². The molecule has 0 N–H and O–H groups in total. The quantitative estimate of drug-likeness (QED) is 0.148. The topological polar surface area (TPSA) is 18.0 Å². The zero-order chi connectivity index (χ0) is 97.9. The number of thiophene rings is 6. The number of para-hydroxylation sites is 2. The van der Waals surface area contributed by atoms with E-state index in [1.165, 1.54) is 276 Å². The molecule has 0 amide bonds. The fourth-order valence-electron chi connectivity index (χ4n) is 26.7. The Labute approximate surface area is 885 Å². The average Bonchev–Trinajstić information content (AvgIpc) is 1.50. The molecule has 0 unspecified atom stereocenters. The highest BCUT2D eigenvalue weighted by Gasteiger charge is 2.52. The summed E-state index contributed by atoms with van der Waals surface area (Å²) in [5, 5.41) is 24.2. The SMILES string of the molecule is c1ccc(C2(c3ccccc3)c3ccccc3-c3cc(-n4c5ccc6c7ccccc7sc6c5c5c6c(ccc54)sc4ccccc46)ccc32)cc1.c1ccc(N(c2ccccc2)c2ccc(-n3c4ccc5c6ccccc6sc5c4c4c5c(ccc43)sc3ccccc35)cc2)cc1.c1ccc2c(c1)-c1ccccc1C21c2ccccc2-c2cc(-n3c4ccc5c6ccccc6sc5c4c4c5c(ccc43)sc3ccccc35)ccc21. The van der Waals surface area contributed by atoms with Crippen LogP contribution in [-0.4, -0.2) is 13.7 Å². The molecule has 0 saturated heterocycles. The maximum Gasteiger partial charge on any atom is 0.0725 e. The van der Waals surface area contributed by atoms with Gasteiger partial charge in [0, 0.05) is 187 Å². The van der Waals surface area contributed by atoms with Crippen LogP contribution in [0.15, 0.2) is 497 Å². The molecule has 150 heavy (non-hydrogen) atoms. The number of benzene rings is 23. The Morgan fingerprint density at radius 1 is 0.153 bits per heavy atom. The highest BCUT2D eigenvalue weighted by molar-refractivity contribution is 7.29. The van der Waals surface area contributed by atoms with Gasteiger partial charge in [-0.25, -0.2) is 0 Å². The lowest BCUT2D eigenvalue weighted by atomic mass is 9.68. The van der Waals surface area contributed by atoms with E-state index in [2.05, 4.69) is 516 Å². The zero-order valence-corrected chi connectivity index (χ0v) is 85.5. The van der Waals surface area contributed by atoms with E-state index in [4.69, 9.17) is 0 Å². The van der Waals surface area contributed by atoms with E-state index < -0.39 is 5.41 Å². The summed E-state index contributed by atoms with van der Waals surface area (Å²) in [6, 6.07) is 185. The van der Waals surface area contributed by atoms with Crippen LogP contribution < -0.4 is 4.90 Å². The van der Waals surface area contributed by atoms with Gasteiger partial charge in [0.05, 0.1) is 43.9 Å². The van der Waals surface area contributed by atoms with E-state index in [0.29, 0.717) is 0 Å². The molecule has 4 nitrogen and oxygen atoms in total. The standard InChI is InChI=1S/C49H27NS2.C49H29NS2.C42H26N2S2/c1-6-16-36-29(11-1)30-12-2-7-17-37(30)49(36)38-18-8-3-13-31(38)35-27-28(21-23-39(35)49)50-40-25-26-44-45(34-15-5-10-20-43(34)51-44)46(40)47-41(50)24-22-33-32-14-4-9-19-42(32)52-48(33)47;1-3-13-30(14-4-1)49(31-15-5-2-6-16-31)38-20-10-7-17-33(38)37-29-32(23-25-39(37)49)50-40-27-28-44-45(36-19-9-12-22-43(36)51-44)46(40)47-41(50)26-24-35-34-18-8-11-21-42(34)52-48(35)47;1-3-11-27(12-4-1)43(28-13-5-2-6-14-28)29-19-21-30(22-20-29)44-34-25-26-38-39(33-16-8-10-18-37(33)45-38)40(34)41-35(44)24-23-32-31-15-7-9-17-36(31)46-42(32)41/h1-27H;1-29H;1-26H. The molecule has 0 atom stereocenters. The van der Waals surface area contributed by atoms with Crippen molar-refractivity contribution in [3.8, 4) is 50.4 Å². The normalized spacial score (nSPS) is 13.2. The van der Waals surface area contributed by atoms with E-state index in [1.807, 2.05) is 68.0 Å². The van der Waals surface area contributed by atoms with Crippen LogP contribution in [0.3, 0.4) is 0 Å². The van der Waals surface area contributed by atoms with Gasteiger partial charge in [0.2, 0.25) is 0 Å². The van der Waals surface area contributed by atoms with E-state index in [1.54, 1.807) is 0 Å². The first-order chi connectivity index (χ1) is 74.4. The van der Waals surface area contributed by atoms with Crippen molar-refractivity contribution in [2.75, 3.05) is 4.90 Å². The van der Waals surface area contributed by atoms with Gasteiger partial charge in [-0.2, -0.15) is 0 Å². The van der Waals surface area contributed by atoms with Gasteiger partial charge >= 0.3 is 0 Å². The fraction of sp³-hybridized carbons (Fsp3) is 0.0143. The van der Waals surface area contributed by atoms with Crippen molar-refractivity contribution in [1.82, 2.24) is 13.7 Å². The average molecular weight is 2010 g/mol. The number of fused-ring (bicyclic) bond motifs is 46. The van der Waals surface area contributed by atoms with Gasteiger partial charge in [-0.05, 0) is 242 Å². The minimum absolute atomic E-state index is 0.344. The molecule has 32 aromatic rings. The molecular weight excluding hydrogens is 1930 g/mol. The Morgan fingerprint density at radius 3 is 0.767 bits per heavy atom. The second kappa shape index (κ2) is 32.5. The minimum atomic E-state index is -0.418. The summed E-state index contributed by atoms with van der Waals surface area (Å²) in [6.45, 7) is 0. The molecule has 23 aromatic carbocycles. The molecule has 3 aliphatic carbocycles. The molecule has 10 heteroatoms. The third-order valence-corrected chi connectivity index (χ3v) is 39.7. The number of rotatable bonds is 8. The van der Waals surface area contributed by atoms with Crippen molar-refractivity contribution in [2.24, 2.45) is 0 Å². The van der Waals surface area contributed by atoms with Crippen LogP contribution in [-0.2, 0) is 10.8 Å². The highest BCUT2D eigenvalue weighted by atomic mass is 32.1. The maximum absolute atomic E-state index is 2.55. The maximum atomic E-state index is 2.55. The number of hydrogen-bond acceptors (Lipinski definition) is 7. The van der Waals surface area contributed by atoms with Crippen molar-refractivity contribution in [2.45, 2.75) is 10.8 Å². The second-order valence-corrected chi connectivity index (χ2v) is 46.4. The predicted molar refractivity (Wildman–Crippen MR) is 648 cm³/mol. The Hall–Kier alpha value is -17.4. The van der Waals surface area contributed by atoms with Gasteiger partial charge in [-0.15, -0.1) is 68.0 Å². The molecule has 0 radical (unpaired) electrons. The smallest absolute Gasteiger partial charge is 0.0725 e. The van der Waals surface area contributed by atoms with Crippen molar-refractivity contribution >= 4 is 272 Å². The molecule has 0 fully saturated rings. The van der Waals surface area contributed by atoms with Gasteiger partial charge in [0.25, 0.3) is 0 Å². The summed E-state index contributed by atoms with van der Waals surface area (Å²) in [7, 11) is 0. The molecule has 9 heterocycles. The van der Waals surface area contributed by atoms with Crippen LogP contribution in [0.1, 0.15) is 44.5 Å². The monoisotopic (exact) mass is 2010 g/mol. The van der Waals surface area contributed by atoms with Crippen molar-refractivity contribution in [1.29, 1.82) is 0 Å². The molecule has 3 aliphatic rings. The second-order valence-electron chi connectivity index (χ2n) is 40.0. The highest BCUT2D eigenvalue weighted by Crippen LogP contribution is 2.65. The molecule has 0 saturated carbocycles. The Morgan fingerprint density at radius 2 is 0.407 bits per heavy atom. The predicted octanol–water partition coefficient (Wildman–Crippen LogP) is 40.7. The third kappa shape index (κ3) is 11.8. The molecule has 698 valence electrons. The summed E-state index contributed by atoms with van der Waals surface area (Å²) in [5.74, 6) is 0. The van der Waals surface area contributed by atoms with E-state index in [0.717, 1.165) is 22.7 Å². The van der Waals surface area contributed by atoms with Gasteiger partial charge in [-0.1, -0.05) is 334 Å². The van der Waals surface area contributed by atoms with Gasteiger partial charge in [0.15, 0.2) is 0 Å². The minimum Gasteiger partial charge on any atom is -0.311 e. The summed E-state index contributed by atoms with van der Waals surface area (Å²) >= 11 is 11.5. The summed E-state index contributed by atoms with van der Waals surface area (Å²) in [5.41, 5.74) is 32.3. The Balaban J connectivity index is 0.0000000977. The van der Waals surface area contributed by atoms with Gasteiger partial charge in [0.1, 0.15) is 0 Å². The first kappa shape index (κ1) is 84.7. The summed E-state index contributed by atoms with van der Waals surface area (Å²) < 4.78 is 23.7. The number of nitrogens with zero attached hydrogens (tertiary/aromatic N) is 4. The lowest BCUT2D eigenvalue weighted by Crippen LogP contribution is -2.28. The third-order valence-electron chi connectivity index (χ3n) is 32.7. The van der Waals surface area contributed by atoms with Crippen LogP contribution in [0.2, 0.25) is 0 Å². The van der Waals surface area contributed by atoms with Crippen LogP contribution in [0.25, 0.3) is 237 Å². The largest absolute Gasteiger partial charge is 0.311 e. The number of aromatic nitrogens is 3. The lowest BCUT2D eigenvalue weighted by Gasteiger charge is -2.33. The summed E-state index contributed by atoms with van der Waals surface area (Å²) in [4.78, 5) is 2.32. The Bertz CT molecular complexity index is 10900. The number of hydrogen-bond donors (Lipinski definition) is 0. The van der Waals surface area contributed by atoms with Gasteiger partial charge < -0.3 is 18.6 Å². The first-order valence-electron chi connectivity index (χ1n) is 51.3. The van der Waals surface area contributed by atoms with E-state index in [-0.39, 0.29) is 5.41 Å². The van der Waals surface area contributed by atoms with Crippen LogP contribution in [0, 0.1) is 0 Å². The van der Waals surface area contributed by atoms with Crippen molar-refractivity contribution < 1.29 is 0 Å². The van der Waals surface area contributed by atoms with Crippen molar-refractivity contribution in [3.63, 3.8) is 0 Å². The van der Waals surface area contributed by atoms with Crippen LogP contribution >= 0.6 is 68.0 Å². The van der Waals surface area contributed by atoms with Crippen LogP contribution in [0.5, 0.6) is 0 Å². The van der Waals surface area contributed by atoms with E-state index >= 15 is 0 Å². The summed E-state index contributed by atoms with van der Waals surface area (Å²) in [6.07, 6.45) is 0. The molecule has 0 bridgehead atoms. The lowest BCUT2D eigenvalue weighted by molar-refractivity contribution is 0.768. The zero-order valence-electron chi connectivity index (χ0n) is 80.6. The van der Waals surface area contributed by atoms with Crippen LogP contribution in [0.4, 0.5) is 17.1 Å². The Kier molecular flexibility index (Phi) is 18.4.